The third-order valence-corrected chi connectivity index (χ3v) is 5.34. The summed E-state index contributed by atoms with van der Waals surface area (Å²) in [6.45, 7) is 8.66. The van der Waals surface area contributed by atoms with Gasteiger partial charge in [-0.1, -0.05) is 31.9 Å². The van der Waals surface area contributed by atoms with Crippen molar-refractivity contribution in [3.63, 3.8) is 0 Å². The van der Waals surface area contributed by atoms with Crippen LogP contribution in [-0.2, 0) is 6.42 Å². The number of aryl methyl sites for hydroxylation is 2. The maximum absolute atomic E-state index is 12.8. The Balaban J connectivity index is 2.11. The maximum Gasteiger partial charge on any atom is 0.178 e. The van der Waals surface area contributed by atoms with Gasteiger partial charge < -0.3 is 9.47 Å². The highest BCUT2D eigenvalue weighted by Gasteiger charge is 2.18. The largest absolute Gasteiger partial charge is 0.318 e. The van der Waals surface area contributed by atoms with Crippen molar-refractivity contribution < 1.29 is 4.79 Å². The lowest BCUT2D eigenvalue weighted by Gasteiger charge is -2.18. The van der Waals surface area contributed by atoms with Crippen molar-refractivity contribution >= 4 is 5.78 Å². The topological polar surface area (TPSA) is 28.5 Å². The zero-order valence-corrected chi connectivity index (χ0v) is 18.6. The Hall–Kier alpha value is -1.91. The molecular formula is C24H37N3O. The van der Waals surface area contributed by atoms with E-state index in [9.17, 15) is 4.79 Å². The highest BCUT2D eigenvalue weighted by atomic mass is 16.1. The number of rotatable bonds is 11. The fourth-order valence-electron chi connectivity index (χ4n) is 3.61. The molecule has 0 atom stereocenters. The fourth-order valence-corrected chi connectivity index (χ4v) is 3.61. The number of aromatic nitrogens is 1. The molecule has 0 aliphatic carbocycles. The van der Waals surface area contributed by atoms with Gasteiger partial charge in [0.2, 0.25) is 0 Å². The van der Waals surface area contributed by atoms with Gasteiger partial charge in [0.1, 0.15) is 0 Å². The van der Waals surface area contributed by atoms with Gasteiger partial charge in [0.25, 0.3) is 0 Å². The SMILES string of the molecule is CCCCCc1ccc(-n2c(C)cc(C(=O)CN(C)CCN(C)C)c2C)cc1. The number of benzene rings is 1. The zero-order valence-electron chi connectivity index (χ0n) is 18.6. The van der Waals surface area contributed by atoms with E-state index in [1.54, 1.807) is 0 Å². The number of Topliss-reactive ketones (excluding diaryl/α,β-unsaturated/α-hetero) is 1. The normalized spacial score (nSPS) is 11.6. The minimum atomic E-state index is 0.191. The van der Waals surface area contributed by atoms with Gasteiger partial charge in [-0.05, 0) is 71.6 Å². The van der Waals surface area contributed by atoms with Crippen LogP contribution >= 0.6 is 0 Å². The Labute approximate surface area is 171 Å². The Morgan fingerprint density at radius 2 is 1.68 bits per heavy atom. The van der Waals surface area contributed by atoms with Crippen LogP contribution in [0.15, 0.2) is 30.3 Å². The van der Waals surface area contributed by atoms with Gasteiger partial charge in [-0.25, -0.2) is 0 Å². The minimum Gasteiger partial charge on any atom is -0.318 e. The van der Waals surface area contributed by atoms with Crippen LogP contribution in [-0.4, -0.2) is 60.9 Å². The molecule has 2 aromatic rings. The van der Waals surface area contributed by atoms with E-state index in [2.05, 4.69) is 73.5 Å². The Morgan fingerprint density at radius 3 is 2.29 bits per heavy atom. The molecule has 0 bridgehead atoms. The lowest BCUT2D eigenvalue weighted by atomic mass is 10.1. The molecule has 0 unspecified atom stereocenters. The smallest absolute Gasteiger partial charge is 0.178 e. The third-order valence-electron chi connectivity index (χ3n) is 5.34. The molecule has 4 heteroatoms. The highest BCUT2D eigenvalue weighted by molar-refractivity contribution is 5.99. The van der Waals surface area contributed by atoms with Gasteiger partial charge in [0.15, 0.2) is 5.78 Å². The molecule has 0 radical (unpaired) electrons. The summed E-state index contributed by atoms with van der Waals surface area (Å²) in [6, 6.07) is 10.8. The number of hydrogen-bond acceptors (Lipinski definition) is 3. The zero-order chi connectivity index (χ0) is 20.7. The van der Waals surface area contributed by atoms with Crippen LogP contribution in [0.2, 0.25) is 0 Å². The molecule has 0 saturated heterocycles. The molecule has 0 N–H and O–H groups in total. The van der Waals surface area contributed by atoms with E-state index in [4.69, 9.17) is 0 Å². The number of nitrogens with zero attached hydrogens (tertiary/aromatic N) is 3. The molecule has 4 nitrogen and oxygen atoms in total. The number of unbranched alkanes of at least 4 members (excludes halogenated alkanes) is 2. The van der Waals surface area contributed by atoms with E-state index in [0.29, 0.717) is 6.54 Å². The van der Waals surface area contributed by atoms with Gasteiger partial charge in [0, 0.05) is 35.7 Å². The van der Waals surface area contributed by atoms with Crippen molar-refractivity contribution in [2.75, 3.05) is 40.8 Å². The maximum atomic E-state index is 12.8. The van der Waals surface area contributed by atoms with Crippen LogP contribution in [0.4, 0.5) is 0 Å². The first-order valence-electron chi connectivity index (χ1n) is 10.5. The summed E-state index contributed by atoms with van der Waals surface area (Å²) in [6.07, 6.45) is 4.92. The van der Waals surface area contributed by atoms with Crippen molar-refractivity contribution in [3.05, 3.63) is 52.8 Å². The first kappa shape index (κ1) is 22.4. The predicted molar refractivity (Wildman–Crippen MR) is 119 cm³/mol. The molecule has 1 aromatic heterocycles. The van der Waals surface area contributed by atoms with Crippen LogP contribution in [0.1, 0.15) is 53.5 Å². The summed E-state index contributed by atoms with van der Waals surface area (Å²) in [5, 5.41) is 0. The second-order valence-electron chi connectivity index (χ2n) is 8.21. The summed E-state index contributed by atoms with van der Waals surface area (Å²) < 4.78 is 2.20. The molecule has 0 spiro atoms. The molecule has 0 aliphatic heterocycles. The van der Waals surface area contributed by atoms with Crippen molar-refractivity contribution in [1.82, 2.24) is 14.4 Å². The lowest BCUT2D eigenvalue weighted by Crippen LogP contribution is -2.32. The number of hydrogen-bond donors (Lipinski definition) is 0. The first-order chi connectivity index (χ1) is 13.3. The second kappa shape index (κ2) is 10.6. The minimum absolute atomic E-state index is 0.191. The Kier molecular flexibility index (Phi) is 8.46. The van der Waals surface area contributed by atoms with Gasteiger partial charge >= 0.3 is 0 Å². The predicted octanol–water partition coefficient (Wildman–Crippen LogP) is 4.50. The molecule has 0 amide bonds. The van der Waals surface area contributed by atoms with E-state index in [1.807, 2.05) is 13.1 Å². The van der Waals surface area contributed by atoms with E-state index in [-0.39, 0.29) is 5.78 Å². The van der Waals surface area contributed by atoms with Crippen molar-refractivity contribution in [1.29, 1.82) is 0 Å². The number of carbonyl (C=O) groups excluding carboxylic acids is 1. The average Bonchev–Trinajstić information content (AvgIpc) is 2.95. The van der Waals surface area contributed by atoms with E-state index < -0.39 is 0 Å². The summed E-state index contributed by atoms with van der Waals surface area (Å²) in [5.41, 5.74) is 5.49. The Bertz CT molecular complexity index is 759. The molecule has 28 heavy (non-hydrogen) atoms. The third kappa shape index (κ3) is 6.05. The van der Waals surface area contributed by atoms with E-state index in [1.165, 1.54) is 24.8 Å². The van der Waals surface area contributed by atoms with Crippen LogP contribution in [0.3, 0.4) is 0 Å². The van der Waals surface area contributed by atoms with E-state index >= 15 is 0 Å². The molecule has 0 fully saturated rings. The van der Waals surface area contributed by atoms with Gasteiger partial charge in [-0.2, -0.15) is 0 Å². The van der Waals surface area contributed by atoms with Gasteiger partial charge in [0.05, 0.1) is 6.54 Å². The van der Waals surface area contributed by atoms with Gasteiger partial charge in [-0.3, -0.25) is 9.69 Å². The molecule has 0 saturated carbocycles. The second-order valence-corrected chi connectivity index (χ2v) is 8.21. The first-order valence-corrected chi connectivity index (χ1v) is 10.5. The molecule has 0 aliphatic rings. The standard InChI is InChI=1S/C24H37N3O/c1-7-8-9-10-21-11-13-22(14-12-21)27-19(2)17-23(20(27)3)24(28)18-26(6)16-15-25(4)5/h11-14,17H,7-10,15-16,18H2,1-6H3. The quantitative estimate of drug-likeness (QED) is 0.422. The van der Waals surface area contributed by atoms with Crippen LogP contribution < -0.4 is 0 Å². The van der Waals surface area contributed by atoms with Crippen molar-refractivity contribution in [3.8, 4) is 5.69 Å². The average molecular weight is 384 g/mol. The molecule has 2 rings (SSSR count). The summed E-state index contributed by atoms with van der Waals surface area (Å²) >= 11 is 0. The van der Waals surface area contributed by atoms with Crippen LogP contribution in [0.25, 0.3) is 5.69 Å². The summed E-state index contributed by atoms with van der Waals surface area (Å²) in [5.74, 6) is 0.191. The molecule has 154 valence electrons. The Morgan fingerprint density at radius 1 is 1.00 bits per heavy atom. The highest BCUT2D eigenvalue weighted by Crippen LogP contribution is 2.22. The van der Waals surface area contributed by atoms with E-state index in [0.717, 1.165) is 42.1 Å². The number of carbonyl (C=O) groups is 1. The molecule has 1 aromatic carbocycles. The lowest BCUT2D eigenvalue weighted by molar-refractivity contribution is 0.0942. The van der Waals surface area contributed by atoms with Crippen LogP contribution in [0.5, 0.6) is 0 Å². The van der Waals surface area contributed by atoms with Crippen molar-refractivity contribution in [2.45, 2.75) is 46.5 Å². The van der Waals surface area contributed by atoms with Crippen LogP contribution in [0, 0.1) is 13.8 Å². The monoisotopic (exact) mass is 383 g/mol. The number of likely N-dealkylation sites (N-methyl/N-ethyl adjacent to an activating group) is 2. The number of ketones is 1. The van der Waals surface area contributed by atoms with Crippen molar-refractivity contribution in [2.24, 2.45) is 0 Å². The molecule has 1 heterocycles. The summed E-state index contributed by atoms with van der Waals surface area (Å²) in [7, 11) is 6.12. The molecular weight excluding hydrogens is 346 g/mol. The fraction of sp³-hybridized carbons (Fsp3) is 0.542. The summed E-state index contributed by atoms with van der Waals surface area (Å²) in [4.78, 5) is 17.1. The van der Waals surface area contributed by atoms with Gasteiger partial charge in [-0.15, -0.1) is 0 Å².